The molecule has 5 nitrogen and oxygen atoms in total. The molecule has 0 fully saturated rings. The van der Waals surface area contributed by atoms with Crippen LogP contribution in [0, 0.1) is 0 Å². The molecule has 0 saturated carbocycles. The van der Waals surface area contributed by atoms with Gasteiger partial charge in [-0.2, -0.15) is 13.2 Å². The number of nitrogens with one attached hydrogen (secondary N) is 2. The minimum absolute atomic E-state index is 0.0907. The highest BCUT2D eigenvalue weighted by atomic mass is 19.4. The molecule has 0 saturated heterocycles. The number of hydrogen-bond donors (Lipinski definition) is 2. The number of amides is 1. The fraction of sp³-hybridized carbons (Fsp3) is 0.143. The molecule has 116 valence electrons. The average molecular weight is 311 g/mol. The van der Waals surface area contributed by atoms with E-state index in [1.165, 1.54) is 42.1 Å². The van der Waals surface area contributed by atoms with Gasteiger partial charge in [-0.25, -0.2) is 0 Å². The van der Waals surface area contributed by atoms with Crippen molar-refractivity contribution < 1.29 is 18.0 Å². The van der Waals surface area contributed by atoms with Crippen molar-refractivity contribution in [1.29, 1.82) is 0 Å². The van der Waals surface area contributed by atoms with Crippen molar-refractivity contribution >= 4 is 11.6 Å². The van der Waals surface area contributed by atoms with E-state index < -0.39 is 17.6 Å². The zero-order chi connectivity index (χ0) is 16.3. The van der Waals surface area contributed by atoms with Gasteiger partial charge in [0.2, 0.25) is 5.56 Å². The monoisotopic (exact) mass is 311 g/mol. The predicted molar refractivity (Wildman–Crippen MR) is 74.2 cm³/mol. The number of aromatic nitrogens is 1. The number of nitrogens with zero attached hydrogens (tertiary/aromatic N) is 1. The first-order chi connectivity index (χ1) is 10.3. The Kier molecular flexibility index (Phi) is 4.20. The van der Waals surface area contributed by atoms with Crippen LogP contribution in [0.25, 0.3) is 0 Å². The molecule has 0 atom stereocenters. The first-order valence-electron chi connectivity index (χ1n) is 6.17. The van der Waals surface area contributed by atoms with Gasteiger partial charge >= 0.3 is 6.18 Å². The van der Waals surface area contributed by atoms with E-state index in [1.54, 1.807) is 0 Å². The molecule has 0 aliphatic carbocycles. The van der Waals surface area contributed by atoms with Crippen molar-refractivity contribution in [3.8, 4) is 0 Å². The van der Waals surface area contributed by atoms with Crippen LogP contribution in [-0.2, 0) is 13.2 Å². The minimum Gasteiger partial charge on any atom is -0.318 e. The number of carbonyl (C=O) groups excluding carboxylic acids is 1. The largest absolute Gasteiger partial charge is 0.416 e. The number of anilines is 1. The van der Waals surface area contributed by atoms with Crippen LogP contribution >= 0.6 is 0 Å². The summed E-state index contributed by atoms with van der Waals surface area (Å²) in [5, 5.41) is 0. The Bertz CT molecular complexity index is 753. The summed E-state index contributed by atoms with van der Waals surface area (Å²) in [5.74, 6) is -0.576. The third-order valence-electron chi connectivity index (χ3n) is 2.86. The quantitative estimate of drug-likeness (QED) is 0.854. The number of benzene rings is 1. The minimum atomic E-state index is -4.46. The van der Waals surface area contributed by atoms with E-state index in [4.69, 9.17) is 0 Å². The zero-order valence-electron chi connectivity index (χ0n) is 11.4. The Morgan fingerprint density at radius 2 is 1.91 bits per heavy atom. The van der Waals surface area contributed by atoms with Crippen LogP contribution in [-0.4, -0.2) is 10.5 Å². The molecule has 22 heavy (non-hydrogen) atoms. The van der Waals surface area contributed by atoms with Gasteiger partial charge in [0, 0.05) is 19.3 Å². The molecule has 1 amide bonds. The second-order valence-electron chi connectivity index (χ2n) is 4.52. The van der Waals surface area contributed by atoms with Crippen LogP contribution in [0.3, 0.4) is 0 Å². The van der Waals surface area contributed by atoms with Gasteiger partial charge in [-0.1, -0.05) is 6.07 Å². The van der Waals surface area contributed by atoms with E-state index in [0.717, 1.165) is 12.1 Å². The Labute approximate surface area is 123 Å². The number of halogens is 3. The lowest BCUT2D eigenvalue weighted by atomic mass is 10.2. The van der Waals surface area contributed by atoms with E-state index >= 15 is 0 Å². The second-order valence-corrected chi connectivity index (χ2v) is 4.52. The van der Waals surface area contributed by atoms with E-state index in [-0.39, 0.29) is 16.8 Å². The van der Waals surface area contributed by atoms with Gasteiger partial charge in [0.1, 0.15) is 0 Å². The van der Waals surface area contributed by atoms with Crippen LogP contribution in [0.1, 0.15) is 15.9 Å². The topological polar surface area (TPSA) is 63.1 Å². The molecule has 1 aromatic carbocycles. The smallest absolute Gasteiger partial charge is 0.318 e. The number of hydrazine groups is 1. The van der Waals surface area contributed by atoms with Crippen molar-refractivity contribution in [3.63, 3.8) is 0 Å². The summed E-state index contributed by atoms with van der Waals surface area (Å²) in [5.41, 5.74) is 3.86. The molecule has 1 aromatic heterocycles. The second kappa shape index (κ2) is 5.92. The first-order valence-corrected chi connectivity index (χ1v) is 6.17. The van der Waals surface area contributed by atoms with Gasteiger partial charge in [-0.15, -0.1) is 0 Å². The van der Waals surface area contributed by atoms with Crippen LogP contribution in [0.5, 0.6) is 0 Å². The molecule has 0 unspecified atom stereocenters. The summed E-state index contributed by atoms with van der Waals surface area (Å²) in [7, 11) is 1.49. The van der Waals surface area contributed by atoms with E-state index in [9.17, 15) is 22.8 Å². The lowest BCUT2D eigenvalue weighted by Crippen LogP contribution is -2.30. The number of alkyl halides is 3. The van der Waals surface area contributed by atoms with Crippen molar-refractivity contribution in [3.05, 3.63) is 64.1 Å². The fourth-order valence-electron chi connectivity index (χ4n) is 1.70. The molecule has 2 rings (SSSR count). The fourth-order valence-corrected chi connectivity index (χ4v) is 1.70. The molecule has 1 heterocycles. The van der Waals surface area contributed by atoms with Gasteiger partial charge < -0.3 is 4.57 Å². The number of rotatable bonds is 3. The molecule has 2 N–H and O–H groups in total. The maximum Gasteiger partial charge on any atom is 0.416 e. The molecule has 0 radical (unpaired) electrons. The van der Waals surface area contributed by atoms with Crippen LogP contribution in [0.2, 0.25) is 0 Å². The summed E-state index contributed by atoms with van der Waals surface area (Å²) in [6.45, 7) is 0. The Balaban J connectivity index is 2.08. The van der Waals surface area contributed by atoms with Gasteiger partial charge in [0.05, 0.1) is 16.8 Å². The summed E-state index contributed by atoms with van der Waals surface area (Å²) in [6, 6.07) is 6.96. The number of pyridine rings is 1. The zero-order valence-corrected chi connectivity index (χ0v) is 11.4. The summed E-state index contributed by atoms with van der Waals surface area (Å²) in [6.07, 6.45) is -3.13. The van der Waals surface area contributed by atoms with Crippen LogP contribution < -0.4 is 16.4 Å². The SMILES string of the molecule is Cn1cc(C(=O)NNc2cccc(C(F)(F)F)c2)ccc1=O. The molecular weight excluding hydrogens is 299 g/mol. The molecule has 0 aliphatic rings. The number of hydrogen-bond acceptors (Lipinski definition) is 3. The van der Waals surface area contributed by atoms with E-state index in [0.29, 0.717) is 0 Å². The van der Waals surface area contributed by atoms with E-state index in [1.807, 2.05) is 0 Å². The molecule has 8 heteroatoms. The third kappa shape index (κ3) is 3.66. The van der Waals surface area contributed by atoms with E-state index in [2.05, 4.69) is 10.9 Å². The van der Waals surface area contributed by atoms with Crippen molar-refractivity contribution in [2.24, 2.45) is 7.05 Å². The van der Waals surface area contributed by atoms with Gasteiger partial charge in [-0.3, -0.25) is 20.4 Å². The van der Waals surface area contributed by atoms with Crippen molar-refractivity contribution in [2.75, 3.05) is 5.43 Å². The highest BCUT2D eigenvalue weighted by Crippen LogP contribution is 2.30. The van der Waals surface area contributed by atoms with Crippen molar-refractivity contribution in [2.45, 2.75) is 6.18 Å². The molecule has 0 spiro atoms. The summed E-state index contributed by atoms with van der Waals surface area (Å²) >= 11 is 0. The standard InChI is InChI=1S/C14H12F3N3O2/c1-20-8-9(5-6-12(20)21)13(22)19-18-11-4-2-3-10(7-11)14(15,16)17/h2-8,18H,1H3,(H,19,22). The average Bonchev–Trinajstić information content (AvgIpc) is 2.47. The van der Waals surface area contributed by atoms with Crippen LogP contribution in [0.4, 0.5) is 18.9 Å². The lowest BCUT2D eigenvalue weighted by Gasteiger charge is -2.11. The summed E-state index contributed by atoms with van der Waals surface area (Å²) in [4.78, 5) is 23.1. The molecule has 0 bridgehead atoms. The number of carbonyl (C=O) groups is 1. The van der Waals surface area contributed by atoms with Gasteiger partial charge in [-0.05, 0) is 24.3 Å². The Hall–Kier alpha value is -2.77. The number of aryl methyl sites for hydroxylation is 1. The van der Waals surface area contributed by atoms with Gasteiger partial charge in [0.15, 0.2) is 0 Å². The van der Waals surface area contributed by atoms with Crippen molar-refractivity contribution in [1.82, 2.24) is 9.99 Å². The van der Waals surface area contributed by atoms with Crippen LogP contribution in [0.15, 0.2) is 47.4 Å². The maximum atomic E-state index is 12.6. The highest BCUT2D eigenvalue weighted by molar-refractivity contribution is 5.94. The predicted octanol–water partition coefficient (Wildman–Crippen LogP) is 2.16. The highest BCUT2D eigenvalue weighted by Gasteiger charge is 2.30. The third-order valence-corrected chi connectivity index (χ3v) is 2.86. The lowest BCUT2D eigenvalue weighted by molar-refractivity contribution is -0.137. The molecule has 2 aromatic rings. The maximum absolute atomic E-state index is 12.6. The Morgan fingerprint density at radius 1 is 1.18 bits per heavy atom. The summed E-state index contributed by atoms with van der Waals surface area (Å²) < 4.78 is 38.9. The molecule has 0 aliphatic heterocycles. The van der Waals surface area contributed by atoms with Gasteiger partial charge in [0.25, 0.3) is 5.91 Å². The molecular formula is C14H12F3N3O2. The normalized spacial score (nSPS) is 11.1. The Morgan fingerprint density at radius 3 is 2.55 bits per heavy atom. The first kappa shape index (κ1) is 15.6.